The number of hydrogen-bond donors (Lipinski definition) is 0. The highest BCUT2D eigenvalue weighted by Gasteiger charge is 2.14. The summed E-state index contributed by atoms with van der Waals surface area (Å²) < 4.78 is 2.51. The molecule has 0 aliphatic carbocycles. The van der Waals surface area contributed by atoms with Crippen molar-refractivity contribution in [3.63, 3.8) is 0 Å². The predicted octanol–water partition coefficient (Wildman–Crippen LogP) is 4.20. The number of thiophene rings is 1. The highest BCUT2D eigenvalue weighted by atomic mass is 35.5. The summed E-state index contributed by atoms with van der Waals surface area (Å²) >= 11 is 10.1. The van der Waals surface area contributed by atoms with Crippen LogP contribution in [0, 0.1) is 13.8 Å². The molecule has 3 aromatic heterocycles. The lowest BCUT2D eigenvalue weighted by Gasteiger charge is -2.04. The van der Waals surface area contributed by atoms with E-state index in [0.717, 1.165) is 22.4 Å². The second-order valence-electron chi connectivity index (χ2n) is 5.50. The van der Waals surface area contributed by atoms with Gasteiger partial charge in [0.2, 0.25) is 0 Å². The van der Waals surface area contributed by atoms with E-state index in [1.807, 2.05) is 31.5 Å². The molecule has 10 heteroatoms. The molecular formula is C16H16ClN5OS3. The van der Waals surface area contributed by atoms with Crippen molar-refractivity contribution in [1.82, 2.24) is 24.7 Å². The molecule has 0 atom stereocenters. The molecule has 0 unspecified atom stereocenters. The number of ketones is 1. The molecule has 0 N–H and O–H groups in total. The van der Waals surface area contributed by atoms with Gasteiger partial charge in [-0.2, -0.15) is 0 Å². The van der Waals surface area contributed by atoms with E-state index in [1.165, 1.54) is 34.9 Å². The molecule has 0 aliphatic heterocycles. The second kappa shape index (κ2) is 8.51. The fraction of sp³-hybridized carbons (Fsp3) is 0.312. The topological polar surface area (TPSA) is 73.6 Å². The SMILES string of the molecule is Cc1cc(C)nc(SCc2nnc(SCC(=O)c3ccc(Cl)s3)n2C)n1. The van der Waals surface area contributed by atoms with Crippen LogP contribution >= 0.6 is 46.5 Å². The molecule has 0 aliphatic rings. The minimum absolute atomic E-state index is 0.0365. The Morgan fingerprint density at radius 2 is 1.92 bits per heavy atom. The molecule has 0 spiro atoms. The van der Waals surface area contributed by atoms with Crippen LogP contribution in [0.4, 0.5) is 0 Å². The largest absolute Gasteiger partial charge is 0.308 e. The number of aromatic nitrogens is 5. The lowest BCUT2D eigenvalue weighted by molar-refractivity contribution is 0.102. The Hall–Kier alpha value is -1.42. The molecular weight excluding hydrogens is 410 g/mol. The summed E-state index contributed by atoms with van der Waals surface area (Å²) in [6.07, 6.45) is 0. The average molecular weight is 426 g/mol. The first kappa shape index (κ1) is 19.3. The monoisotopic (exact) mass is 425 g/mol. The van der Waals surface area contributed by atoms with Gasteiger partial charge in [0, 0.05) is 18.4 Å². The number of rotatable bonds is 7. The van der Waals surface area contributed by atoms with Crippen LogP contribution in [0.2, 0.25) is 4.34 Å². The Balaban J connectivity index is 1.59. The second-order valence-corrected chi connectivity index (χ2v) is 9.10. The Kier molecular flexibility index (Phi) is 6.33. The van der Waals surface area contributed by atoms with Crippen LogP contribution < -0.4 is 0 Å². The lowest BCUT2D eigenvalue weighted by Crippen LogP contribution is -2.03. The Morgan fingerprint density at radius 1 is 1.19 bits per heavy atom. The Bertz CT molecular complexity index is 920. The van der Waals surface area contributed by atoms with Crippen molar-refractivity contribution < 1.29 is 4.79 Å². The minimum Gasteiger partial charge on any atom is -0.308 e. The Morgan fingerprint density at radius 3 is 2.58 bits per heavy atom. The molecule has 0 saturated carbocycles. The fourth-order valence-electron chi connectivity index (χ4n) is 2.15. The van der Waals surface area contributed by atoms with E-state index in [4.69, 9.17) is 11.6 Å². The summed E-state index contributed by atoms with van der Waals surface area (Å²) in [7, 11) is 1.90. The standard InChI is InChI=1S/C16H16ClN5OS3/c1-9-6-10(2)19-15(18-9)24-8-14-20-21-16(22(14)3)25-7-11(23)12-4-5-13(17)26-12/h4-6H,7-8H2,1-3H3. The third kappa shape index (κ3) is 4.85. The molecule has 136 valence electrons. The number of carbonyl (C=O) groups is 1. The zero-order valence-corrected chi connectivity index (χ0v) is 17.6. The van der Waals surface area contributed by atoms with Crippen LogP contribution in [-0.4, -0.2) is 36.3 Å². The summed E-state index contributed by atoms with van der Waals surface area (Å²) in [5.41, 5.74) is 1.89. The van der Waals surface area contributed by atoms with Gasteiger partial charge in [-0.1, -0.05) is 35.1 Å². The summed E-state index contributed by atoms with van der Waals surface area (Å²) in [6, 6.07) is 5.42. The number of halogens is 1. The number of Topliss-reactive ketones (excluding diaryl/α,β-unsaturated/α-hetero) is 1. The van der Waals surface area contributed by atoms with Crippen molar-refractivity contribution in [2.45, 2.75) is 29.9 Å². The van der Waals surface area contributed by atoms with E-state index in [2.05, 4.69) is 20.2 Å². The molecule has 0 saturated heterocycles. The quantitative estimate of drug-likeness (QED) is 0.319. The first-order chi connectivity index (χ1) is 12.4. The molecule has 3 heterocycles. The zero-order valence-electron chi connectivity index (χ0n) is 14.4. The summed E-state index contributed by atoms with van der Waals surface area (Å²) in [5.74, 6) is 1.76. The van der Waals surface area contributed by atoms with Crippen LogP contribution in [0.5, 0.6) is 0 Å². The van der Waals surface area contributed by atoms with E-state index in [0.29, 0.717) is 25.9 Å². The van der Waals surface area contributed by atoms with Crippen LogP contribution in [0.3, 0.4) is 0 Å². The van der Waals surface area contributed by atoms with Crippen molar-refractivity contribution in [1.29, 1.82) is 0 Å². The normalized spacial score (nSPS) is 11.1. The van der Waals surface area contributed by atoms with Gasteiger partial charge in [0.25, 0.3) is 0 Å². The van der Waals surface area contributed by atoms with E-state index in [9.17, 15) is 4.79 Å². The van der Waals surface area contributed by atoms with E-state index in [-0.39, 0.29) is 5.78 Å². The summed E-state index contributed by atoms with van der Waals surface area (Å²) in [5, 5.41) is 9.83. The van der Waals surface area contributed by atoms with Crippen molar-refractivity contribution in [2.24, 2.45) is 7.05 Å². The van der Waals surface area contributed by atoms with Crippen molar-refractivity contribution >= 4 is 52.2 Å². The van der Waals surface area contributed by atoms with E-state index >= 15 is 0 Å². The number of thioether (sulfide) groups is 2. The molecule has 0 radical (unpaired) electrons. The van der Waals surface area contributed by atoms with Crippen molar-refractivity contribution in [2.75, 3.05) is 5.75 Å². The van der Waals surface area contributed by atoms with Gasteiger partial charge in [0.15, 0.2) is 16.1 Å². The molecule has 0 bridgehead atoms. The maximum atomic E-state index is 12.2. The predicted molar refractivity (Wildman–Crippen MR) is 106 cm³/mol. The van der Waals surface area contributed by atoms with Crippen LogP contribution in [0.15, 0.2) is 28.5 Å². The summed E-state index contributed by atoms with van der Waals surface area (Å²) in [6.45, 7) is 3.90. The molecule has 3 rings (SSSR count). The summed E-state index contributed by atoms with van der Waals surface area (Å²) in [4.78, 5) is 21.7. The fourth-order valence-corrected chi connectivity index (χ4v) is 4.96. The van der Waals surface area contributed by atoms with E-state index < -0.39 is 0 Å². The van der Waals surface area contributed by atoms with E-state index in [1.54, 1.807) is 12.1 Å². The van der Waals surface area contributed by atoms with Gasteiger partial charge in [-0.15, -0.1) is 21.5 Å². The maximum absolute atomic E-state index is 12.2. The Labute approximate surface area is 168 Å². The molecule has 0 amide bonds. The molecule has 0 aromatic carbocycles. The molecule has 0 fully saturated rings. The van der Waals surface area contributed by atoms with Crippen LogP contribution in [0.25, 0.3) is 0 Å². The molecule has 3 aromatic rings. The van der Waals surface area contributed by atoms with Gasteiger partial charge in [-0.05, 0) is 32.0 Å². The highest BCUT2D eigenvalue weighted by molar-refractivity contribution is 7.99. The zero-order chi connectivity index (χ0) is 18.7. The number of hydrogen-bond acceptors (Lipinski definition) is 8. The van der Waals surface area contributed by atoms with Gasteiger partial charge in [-0.3, -0.25) is 4.79 Å². The number of carbonyl (C=O) groups excluding carboxylic acids is 1. The van der Waals surface area contributed by atoms with Gasteiger partial charge >= 0.3 is 0 Å². The minimum atomic E-state index is 0.0365. The average Bonchev–Trinajstić information content (AvgIpc) is 3.16. The van der Waals surface area contributed by atoms with Crippen LogP contribution in [0.1, 0.15) is 26.9 Å². The van der Waals surface area contributed by atoms with Crippen molar-refractivity contribution in [3.8, 4) is 0 Å². The smallest absolute Gasteiger partial charge is 0.191 e. The van der Waals surface area contributed by atoms with Crippen molar-refractivity contribution in [3.05, 3.63) is 44.6 Å². The first-order valence-electron chi connectivity index (χ1n) is 7.67. The third-order valence-corrected chi connectivity index (χ3v) is 6.53. The van der Waals surface area contributed by atoms with Gasteiger partial charge in [-0.25, -0.2) is 9.97 Å². The first-order valence-corrected chi connectivity index (χ1v) is 10.8. The maximum Gasteiger partial charge on any atom is 0.191 e. The third-order valence-electron chi connectivity index (χ3n) is 3.40. The van der Waals surface area contributed by atoms with Gasteiger partial charge in [0.05, 0.1) is 20.7 Å². The van der Waals surface area contributed by atoms with Gasteiger partial charge < -0.3 is 4.57 Å². The number of nitrogens with zero attached hydrogens (tertiary/aromatic N) is 5. The molecule has 6 nitrogen and oxygen atoms in total. The van der Waals surface area contributed by atoms with Gasteiger partial charge in [0.1, 0.15) is 5.82 Å². The van der Waals surface area contributed by atoms with Crippen LogP contribution in [-0.2, 0) is 12.8 Å². The highest BCUT2D eigenvalue weighted by Crippen LogP contribution is 2.25. The number of aryl methyl sites for hydroxylation is 2. The lowest BCUT2D eigenvalue weighted by atomic mass is 10.4. The molecule has 26 heavy (non-hydrogen) atoms.